The third kappa shape index (κ3) is 9.09. The maximum atomic E-state index is 13.9. The number of hydrogen-bond acceptors (Lipinski definition) is 6. The van der Waals surface area contributed by atoms with Crippen LogP contribution in [-0.2, 0) is 19.5 Å². The van der Waals surface area contributed by atoms with Crippen molar-refractivity contribution >= 4 is 11.8 Å². The average molecular weight is 586 g/mol. The zero-order valence-corrected chi connectivity index (χ0v) is 24.7. The predicted octanol–water partition coefficient (Wildman–Crippen LogP) is 3.94. The monoisotopic (exact) mass is 585 g/mol. The Balaban J connectivity index is 1.79. The quantitative estimate of drug-likeness (QED) is 0.235. The molecule has 0 fully saturated rings. The van der Waals surface area contributed by atoms with Crippen molar-refractivity contribution in [3.05, 3.63) is 82.7 Å². The Labute approximate surface area is 245 Å². The first-order valence-electron chi connectivity index (χ1n) is 14.3. The van der Waals surface area contributed by atoms with Crippen LogP contribution in [0.3, 0.4) is 0 Å². The van der Waals surface area contributed by atoms with Crippen LogP contribution in [0.25, 0.3) is 0 Å². The zero-order valence-electron chi connectivity index (χ0n) is 24.7. The van der Waals surface area contributed by atoms with E-state index in [2.05, 4.69) is 15.7 Å². The van der Waals surface area contributed by atoms with Crippen LogP contribution in [-0.4, -0.2) is 70.5 Å². The van der Waals surface area contributed by atoms with E-state index in [0.29, 0.717) is 37.6 Å². The fourth-order valence-electron chi connectivity index (χ4n) is 4.76. The maximum absolute atomic E-state index is 13.9. The summed E-state index contributed by atoms with van der Waals surface area (Å²) in [6.45, 7) is 7.87. The van der Waals surface area contributed by atoms with E-state index in [4.69, 9.17) is 4.74 Å². The number of ether oxygens (including phenoxy) is 1. The van der Waals surface area contributed by atoms with Crippen LogP contribution in [0.4, 0.5) is 8.78 Å². The largest absolute Gasteiger partial charge is 0.497 e. The van der Waals surface area contributed by atoms with Crippen molar-refractivity contribution in [2.24, 2.45) is 0 Å². The molecule has 228 valence electrons. The molecule has 0 saturated heterocycles. The summed E-state index contributed by atoms with van der Waals surface area (Å²) >= 11 is 0. The van der Waals surface area contributed by atoms with Gasteiger partial charge in [-0.3, -0.25) is 14.3 Å². The second-order valence-corrected chi connectivity index (χ2v) is 10.1. The van der Waals surface area contributed by atoms with Crippen LogP contribution in [0.5, 0.6) is 5.75 Å². The van der Waals surface area contributed by atoms with E-state index < -0.39 is 29.7 Å². The molecule has 0 aliphatic rings. The Morgan fingerprint density at radius 3 is 2.33 bits per heavy atom. The number of carbonyl (C=O) groups is 2. The van der Waals surface area contributed by atoms with Gasteiger partial charge in [0, 0.05) is 44.9 Å². The summed E-state index contributed by atoms with van der Waals surface area (Å²) in [7, 11) is 1.58. The molecule has 1 aromatic heterocycles. The van der Waals surface area contributed by atoms with Crippen LogP contribution in [0.1, 0.15) is 65.7 Å². The minimum atomic E-state index is -1.12. The van der Waals surface area contributed by atoms with Gasteiger partial charge in [0.2, 0.25) is 0 Å². The molecule has 2 aromatic carbocycles. The number of aromatic nitrogens is 2. The smallest absolute Gasteiger partial charge is 0.272 e. The Morgan fingerprint density at radius 2 is 1.71 bits per heavy atom. The highest BCUT2D eigenvalue weighted by Gasteiger charge is 2.27. The third-order valence-corrected chi connectivity index (χ3v) is 6.78. The van der Waals surface area contributed by atoms with Crippen molar-refractivity contribution in [2.75, 3.05) is 26.7 Å². The molecule has 1 heterocycles. The van der Waals surface area contributed by atoms with Gasteiger partial charge < -0.3 is 25.4 Å². The second kappa shape index (κ2) is 16.0. The van der Waals surface area contributed by atoms with Crippen molar-refractivity contribution in [3.8, 4) is 5.75 Å². The SMILES string of the molecule is CCCN(CCC)C(=O)c1cc(C(=O)N[C@@H](Cc2cc(F)cc(F)c2)[C@H](O)CNCc2cccc(OC)c2)nn1CC. The Morgan fingerprint density at radius 1 is 1.02 bits per heavy atom. The van der Waals surface area contributed by atoms with Gasteiger partial charge in [0.1, 0.15) is 23.1 Å². The molecule has 2 atom stereocenters. The number of aryl methyl sites for hydroxylation is 1. The van der Waals surface area contributed by atoms with Crippen LogP contribution in [0.15, 0.2) is 48.5 Å². The Kier molecular flexibility index (Phi) is 12.4. The fourth-order valence-corrected chi connectivity index (χ4v) is 4.76. The number of amides is 2. The minimum Gasteiger partial charge on any atom is -0.497 e. The summed E-state index contributed by atoms with van der Waals surface area (Å²) in [5.74, 6) is -1.63. The Bertz CT molecular complexity index is 1310. The van der Waals surface area contributed by atoms with E-state index in [-0.39, 0.29) is 30.1 Å². The molecule has 0 saturated carbocycles. The zero-order chi connectivity index (χ0) is 30.6. The minimum absolute atomic E-state index is 0.0140. The number of nitrogens with zero attached hydrogens (tertiary/aromatic N) is 3. The molecule has 0 aliphatic carbocycles. The maximum Gasteiger partial charge on any atom is 0.272 e. The first-order valence-corrected chi connectivity index (χ1v) is 14.3. The molecule has 9 nitrogen and oxygen atoms in total. The number of aliphatic hydroxyl groups is 1. The number of aliphatic hydroxyl groups excluding tert-OH is 1. The molecular weight excluding hydrogens is 544 g/mol. The summed E-state index contributed by atoms with van der Waals surface area (Å²) in [6, 6.07) is 11.1. The van der Waals surface area contributed by atoms with Gasteiger partial charge in [0.05, 0.1) is 19.3 Å². The molecule has 42 heavy (non-hydrogen) atoms. The number of hydrogen-bond donors (Lipinski definition) is 3. The normalized spacial score (nSPS) is 12.5. The number of rotatable bonds is 16. The summed E-state index contributed by atoms with van der Waals surface area (Å²) in [4.78, 5) is 28.4. The van der Waals surface area contributed by atoms with E-state index in [0.717, 1.165) is 36.6 Å². The summed E-state index contributed by atoms with van der Waals surface area (Å²) in [5.41, 5.74) is 1.51. The van der Waals surface area contributed by atoms with Crippen LogP contribution < -0.4 is 15.4 Å². The topological polar surface area (TPSA) is 109 Å². The molecular formula is C31H41F2N5O4. The lowest BCUT2D eigenvalue weighted by Crippen LogP contribution is -2.48. The van der Waals surface area contributed by atoms with Gasteiger partial charge in [-0.15, -0.1) is 0 Å². The van der Waals surface area contributed by atoms with Gasteiger partial charge in [-0.05, 0) is 61.6 Å². The fraction of sp³-hybridized carbons (Fsp3) is 0.452. The summed E-state index contributed by atoms with van der Waals surface area (Å²) in [6.07, 6.45) is 0.435. The van der Waals surface area contributed by atoms with E-state index in [1.165, 1.54) is 10.7 Å². The van der Waals surface area contributed by atoms with E-state index in [1.54, 1.807) is 12.0 Å². The number of carbonyl (C=O) groups excluding carboxylic acids is 2. The van der Waals surface area contributed by atoms with Crippen molar-refractivity contribution < 1.29 is 28.2 Å². The third-order valence-electron chi connectivity index (χ3n) is 6.78. The highest BCUT2D eigenvalue weighted by molar-refractivity contribution is 5.98. The van der Waals surface area contributed by atoms with Crippen molar-refractivity contribution in [1.82, 2.24) is 25.3 Å². The molecule has 0 bridgehead atoms. The van der Waals surface area contributed by atoms with Crippen molar-refractivity contribution in [3.63, 3.8) is 0 Å². The second-order valence-electron chi connectivity index (χ2n) is 10.1. The molecule has 2 amide bonds. The number of benzene rings is 2. The van der Waals surface area contributed by atoms with Gasteiger partial charge in [-0.25, -0.2) is 8.78 Å². The van der Waals surface area contributed by atoms with E-state index >= 15 is 0 Å². The number of methoxy groups -OCH3 is 1. The highest BCUT2D eigenvalue weighted by Crippen LogP contribution is 2.15. The molecule has 3 aromatic rings. The first kappa shape index (κ1) is 32.7. The molecule has 0 aliphatic heterocycles. The van der Waals surface area contributed by atoms with Crippen LogP contribution in [0.2, 0.25) is 0 Å². The lowest BCUT2D eigenvalue weighted by atomic mass is 10.00. The Hall–Kier alpha value is -3.83. The summed E-state index contributed by atoms with van der Waals surface area (Å²) < 4.78 is 34.6. The van der Waals surface area contributed by atoms with Gasteiger partial charge >= 0.3 is 0 Å². The van der Waals surface area contributed by atoms with Crippen molar-refractivity contribution in [2.45, 2.75) is 65.3 Å². The molecule has 3 N–H and O–H groups in total. The first-order chi connectivity index (χ1) is 20.2. The molecule has 0 spiro atoms. The molecule has 0 unspecified atom stereocenters. The molecule has 3 rings (SSSR count). The lowest BCUT2D eigenvalue weighted by Gasteiger charge is -2.24. The predicted molar refractivity (Wildman–Crippen MR) is 156 cm³/mol. The van der Waals surface area contributed by atoms with Gasteiger partial charge in [-0.2, -0.15) is 5.10 Å². The summed E-state index contributed by atoms with van der Waals surface area (Å²) in [5, 5.41) is 21.4. The number of nitrogens with one attached hydrogen (secondary N) is 2. The number of halogens is 2. The lowest BCUT2D eigenvalue weighted by molar-refractivity contribution is 0.0742. The van der Waals surface area contributed by atoms with Crippen LogP contribution >= 0.6 is 0 Å². The average Bonchev–Trinajstić information content (AvgIpc) is 3.40. The van der Waals surface area contributed by atoms with Crippen molar-refractivity contribution in [1.29, 1.82) is 0 Å². The standard InChI is InChI=1S/C31H41F2N5O4/c1-5-11-37(12-6-2)31(41)28-18-27(36-38(28)7-3)30(40)35-26(16-22-13-23(32)17-24(33)14-22)29(39)20-34-19-21-9-8-10-25(15-21)42-4/h8-10,13-15,17-18,26,29,34,39H,5-7,11-12,16,19-20H2,1-4H3,(H,35,40)/t26-,29+/m0/s1. The van der Waals surface area contributed by atoms with Gasteiger partial charge in [-0.1, -0.05) is 26.0 Å². The molecule has 11 heteroatoms. The van der Waals surface area contributed by atoms with E-state index in [1.807, 2.05) is 45.0 Å². The molecule has 0 radical (unpaired) electrons. The van der Waals surface area contributed by atoms with Crippen LogP contribution in [0, 0.1) is 11.6 Å². The van der Waals surface area contributed by atoms with E-state index in [9.17, 15) is 23.5 Å². The highest BCUT2D eigenvalue weighted by atomic mass is 19.1. The van der Waals surface area contributed by atoms with Gasteiger partial charge in [0.15, 0.2) is 5.69 Å². The van der Waals surface area contributed by atoms with Gasteiger partial charge in [0.25, 0.3) is 11.8 Å².